The van der Waals surface area contributed by atoms with Crippen molar-refractivity contribution in [2.24, 2.45) is 5.14 Å². The van der Waals surface area contributed by atoms with E-state index in [-0.39, 0.29) is 23.4 Å². The molecule has 7 heteroatoms. The molecule has 1 amide bonds. The van der Waals surface area contributed by atoms with Crippen molar-refractivity contribution in [1.29, 1.82) is 0 Å². The Hall–Kier alpha value is -1.44. The van der Waals surface area contributed by atoms with Gasteiger partial charge in [-0.05, 0) is 45.5 Å². The summed E-state index contributed by atoms with van der Waals surface area (Å²) < 4.78 is 22.8. The van der Waals surface area contributed by atoms with E-state index in [2.05, 4.69) is 5.32 Å². The number of carbonyl (C=O) groups is 1. The molecule has 1 aromatic carbocycles. The highest BCUT2D eigenvalue weighted by atomic mass is 32.2. The molecule has 1 aromatic rings. The van der Waals surface area contributed by atoms with E-state index in [9.17, 15) is 13.2 Å². The molecule has 112 valence electrons. The van der Waals surface area contributed by atoms with Gasteiger partial charge in [-0.15, -0.1) is 0 Å². The van der Waals surface area contributed by atoms with Crippen molar-refractivity contribution in [2.75, 3.05) is 18.9 Å². The number of aryl methyl sites for hydroxylation is 1. The minimum Gasteiger partial charge on any atom is -0.325 e. The highest BCUT2D eigenvalue weighted by Crippen LogP contribution is 2.18. The van der Waals surface area contributed by atoms with E-state index >= 15 is 0 Å². The Kier molecular flexibility index (Phi) is 5.27. The second-order valence-corrected chi connectivity index (χ2v) is 6.61. The molecule has 0 heterocycles. The molecule has 0 aromatic heterocycles. The fraction of sp³-hybridized carbons (Fsp3) is 0.462. The van der Waals surface area contributed by atoms with Crippen molar-refractivity contribution in [3.63, 3.8) is 0 Å². The number of rotatable bonds is 5. The molecule has 0 radical (unpaired) electrons. The molecule has 0 bridgehead atoms. The Balaban J connectivity index is 2.87. The molecule has 0 unspecified atom stereocenters. The van der Waals surface area contributed by atoms with Crippen LogP contribution in [0.1, 0.15) is 19.4 Å². The molecule has 0 aliphatic heterocycles. The molecular weight excluding hydrogens is 278 g/mol. The lowest BCUT2D eigenvalue weighted by Gasteiger charge is -2.20. The molecule has 0 atom stereocenters. The van der Waals surface area contributed by atoms with Crippen LogP contribution in [0.25, 0.3) is 0 Å². The van der Waals surface area contributed by atoms with Gasteiger partial charge in [0, 0.05) is 11.7 Å². The van der Waals surface area contributed by atoms with Crippen molar-refractivity contribution in [3.05, 3.63) is 23.8 Å². The van der Waals surface area contributed by atoms with E-state index < -0.39 is 10.0 Å². The van der Waals surface area contributed by atoms with Gasteiger partial charge in [0.25, 0.3) is 0 Å². The van der Waals surface area contributed by atoms with Gasteiger partial charge in [-0.1, -0.05) is 6.07 Å². The average Bonchev–Trinajstić information content (AvgIpc) is 2.29. The van der Waals surface area contributed by atoms with Crippen LogP contribution in [0.15, 0.2) is 23.1 Å². The molecular formula is C13H21N3O3S. The number of hydrogen-bond donors (Lipinski definition) is 2. The first kappa shape index (κ1) is 16.6. The van der Waals surface area contributed by atoms with E-state index in [1.807, 2.05) is 25.8 Å². The summed E-state index contributed by atoms with van der Waals surface area (Å²) in [5.74, 6) is -0.203. The largest absolute Gasteiger partial charge is 0.325 e. The van der Waals surface area contributed by atoms with E-state index in [0.717, 1.165) is 0 Å². The summed E-state index contributed by atoms with van der Waals surface area (Å²) in [5, 5.41) is 7.80. The summed E-state index contributed by atoms with van der Waals surface area (Å²) in [4.78, 5) is 13.7. The fourth-order valence-corrected chi connectivity index (χ4v) is 2.40. The number of nitrogens with two attached hydrogens (primary N) is 1. The van der Waals surface area contributed by atoms with Crippen LogP contribution in [-0.4, -0.2) is 38.9 Å². The molecule has 0 saturated carbocycles. The normalized spacial score (nSPS) is 11.9. The second kappa shape index (κ2) is 6.34. The Bertz CT molecular complexity index is 597. The summed E-state index contributed by atoms with van der Waals surface area (Å²) in [7, 11) is -1.95. The van der Waals surface area contributed by atoms with Gasteiger partial charge >= 0.3 is 0 Å². The Morgan fingerprint density at radius 1 is 1.40 bits per heavy atom. The van der Waals surface area contributed by atoms with E-state index in [1.54, 1.807) is 19.1 Å². The molecule has 1 rings (SSSR count). The number of amides is 1. The minimum atomic E-state index is -3.79. The van der Waals surface area contributed by atoms with Gasteiger partial charge in [0.15, 0.2) is 0 Å². The minimum absolute atomic E-state index is 0.0208. The SMILES string of the molecule is Cc1ccc(NC(=O)CN(C)C(C)C)cc1S(N)(=O)=O. The van der Waals surface area contributed by atoms with E-state index in [0.29, 0.717) is 11.3 Å². The molecule has 3 N–H and O–H groups in total. The summed E-state index contributed by atoms with van der Waals surface area (Å²) >= 11 is 0. The maximum Gasteiger partial charge on any atom is 0.238 e. The Morgan fingerprint density at radius 3 is 2.50 bits per heavy atom. The Labute approximate surface area is 120 Å². The van der Waals surface area contributed by atoms with Gasteiger partial charge in [0.1, 0.15) is 0 Å². The third-order valence-electron chi connectivity index (χ3n) is 3.05. The summed E-state index contributed by atoms with van der Waals surface area (Å²) in [6, 6.07) is 4.88. The zero-order valence-corrected chi connectivity index (χ0v) is 13.0. The maximum atomic E-state index is 11.8. The van der Waals surface area contributed by atoms with Crippen molar-refractivity contribution in [1.82, 2.24) is 4.90 Å². The lowest BCUT2D eigenvalue weighted by atomic mass is 10.2. The van der Waals surface area contributed by atoms with Crippen molar-refractivity contribution in [2.45, 2.75) is 31.7 Å². The number of carbonyl (C=O) groups excluding carboxylic acids is 1. The lowest BCUT2D eigenvalue weighted by Crippen LogP contribution is -2.34. The number of sulfonamides is 1. The number of primary sulfonamides is 1. The fourth-order valence-electron chi connectivity index (χ4n) is 1.59. The first-order valence-electron chi connectivity index (χ1n) is 6.25. The van der Waals surface area contributed by atoms with Crippen LogP contribution >= 0.6 is 0 Å². The van der Waals surface area contributed by atoms with Gasteiger partial charge in [0.2, 0.25) is 15.9 Å². The Morgan fingerprint density at radius 2 is 2.00 bits per heavy atom. The van der Waals surface area contributed by atoms with Crippen LogP contribution in [0.4, 0.5) is 5.69 Å². The number of nitrogens with zero attached hydrogens (tertiary/aromatic N) is 1. The van der Waals surface area contributed by atoms with E-state index in [4.69, 9.17) is 5.14 Å². The van der Waals surface area contributed by atoms with Gasteiger partial charge in [-0.3, -0.25) is 9.69 Å². The summed E-state index contributed by atoms with van der Waals surface area (Å²) in [5.41, 5.74) is 0.964. The summed E-state index contributed by atoms with van der Waals surface area (Å²) in [6.07, 6.45) is 0. The average molecular weight is 299 g/mol. The van der Waals surface area contributed by atoms with Crippen LogP contribution in [0.5, 0.6) is 0 Å². The quantitative estimate of drug-likeness (QED) is 0.845. The number of nitrogens with one attached hydrogen (secondary N) is 1. The predicted molar refractivity (Wildman–Crippen MR) is 78.9 cm³/mol. The molecule has 0 spiro atoms. The van der Waals surface area contributed by atoms with Crippen LogP contribution in [-0.2, 0) is 14.8 Å². The maximum absolute atomic E-state index is 11.8. The predicted octanol–water partition coefficient (Wildman–Crippen LogP) is 0.921. The van der Waals surface area contributed by atoms with E-state index in [1.165, 1.54) is 6.07 Å². The third-order valence-corrected chi connectivity index (χ3v) is 4.11. The molecule has 0 aliphatic carbocycles. The smallest absolute Gasteiger partial charge is 0.238 e. The van der Waals surface area contributed by atoms with Crippen molar-refractivity contribution >= 4 is 21.6 Å². The highest BCUT2D eigenvalue weighted by molar-refractivity contribution is 7.89. The van der Waals surface area contributed by atoms with Gasteiger partial charge < -0.3 is 5.32 Å². The molecule has 6 nitrogen and oxygen atoms in total. The second-order valence-electron chi connectivity index (χ2n) is 5.08. The number of anilines is 1. The zero-order chi connectivity index (χ0) is 15.5. The number of benzene rings is 1. The lowest BCUT2D eigenvalue weighted by molar-refractivity contribution is -0.117. The zero-order valence-electron chi connectivity index (χ0n) is 12.2. The topological polar surface area (TPSA) is 92.5 Å². The number of hydrogen-bond acceptors (Lipinski definition) is 4. The molecule has 0 aliphatic rings. The van der Waals surface area contributed by atoms with Crippen LogP contribution in [0.3, 0.4) is 0 Å². The first-order chi connectivity index (χ1) is 9.11. The van der Waals surface area contributed by atoms with Crippen molar-refractivity contribution in [3.8, 4) is 0 Å². The van der Waals surface area contributed by atoms with Crippen LogP contribution in [0, 0.1) is 6.92 Å². The van der Waals surface area contributed by atoms with Gasteiger partial charge in [-0.25, -0.2) is 13.6 Å². The summed E-state index contributed by atoms with van der Waals surface area (Å²) in [6.45, 7) is 5.85. The van der Waals surface area contributed by atoms with Crippen molar-refractivity contribution < 1.29 is 13.2 Å². The number of likely N-dealkylation sites (N-methyl/N-ethyl adjacent to an activating group) is 1. The first-order valence-corrected chi connectivity index (χ1v) is 7.79. The van der Waals surface area contributed by atoms with Gasteiger partial charge in [-0.2, -0.15) is 0 Å². The molecule has 0 fully saturated rings. The van der Waals surface area contributed by atoms with Gasteiger partial charge in [0.05, 0.1) is 11.4 Å². The highest BCUT2D eigenvalue weighted by Gasteiger charge is 2.14. The van der Waals surface area contributed by atoms with Crippen LogP contribution < -0.4 is 10.5 Å². The monoisotopic (exact) mass is 299 g/mol. The molecule has 0 saturated heterocycles. The third kappa shape index (κ3) is 4.59. The van der Waals surface area contributed by atoms with Crippen LogP contribution in [0.2, 0.25) is 0 Å². The molecule has 20 heavy (non-hydrogen) atoms. The standard InChI is InChI=1S/C13H21N3O3S/c1-9(2)16(4)8-13(17)15-11-6-5-10(3)12(7-11)20(14,18)19/h5-7,9H,8H2,1-4H3,(H,15,17)(H2,14,18,19).